The van der Waals surface area contributed by atoms with Crippen molar-refractivity contribution in [3.8, 4) is 5.75 Å². The van der Waals surface area contributed by atoms with E-state index in [1.54, 1.807) is 6.07 Å². The monoisotopic (exact) mass is 289 g/mol. The smallest absolute Gasteiger partial charge is 0.130 e. The van der Waals surface area contributed by atoms with Crippen LogP contribution >= 0.6 is 28.1 Å². The molecule has 3 nitrogen and oxygen atoms in total. The van der Waals surface area contributed by atoms with Gasteiger partial charge in [0.2, 0.25) is 0 Å². The van der Waals surface area contributed by atoms with Crippen LogP contribution in [0.4, 0.5) is 0 Å². The third kappa shape index (κ3) is 3.77. The maximum Gasteiger partial charge on any atom is 0.130 e. The zero-order valence-corrected chi connectivity index (χ0v) is 10.5. The highest BCUT2D eigenvalue weighted by atomic mass is 79.9. The molecule has 0 amide bonds. The molecule has 5 heteroatoms. The molecule has 0 spiro atoms. The number of ether oxygens (including phenoxy) is 1. The summed E-state index contributed by atoms with van der Waals surface area (Å²) in [5.74, 6) is 0.644. The number of aliphatic hydroxyl groups is 1. The fraction of sp³-hybridized carbons (Fsp3) is 0.300. The van der Waals surface area contributed by atoms with E-state index in [0.29, 0.717) is 29.3 Å². The summed E-state index contributed by atoms with van der Waals surface area (Å²) in [5, 5.41) is 8.64. The summed E-state index contributed by atoms with van der Waals surface area (Å²) in [6.45, 7) is 0.555. The Hall–Kier alpha value is -0.650. The van der Waals surface area contributed by atoms with Crippen molar-refractivity contribution < 1.29 is 9.84 Å². The summed E-state index contributed by atoms with van der Waals surface area (Å²) in [5.41, 5.74) is 6.27. The number of rotatable bonds is 5. The fourth-order valence-corrected chi connectivity index (χ4v) is 1.57. The molecule has 0 aliphatic rings. The molecular weight excluding hydrogens is 278 g/mol. The zero-order chi connectivity index (χ0) is 11.3. The van der Waals surface area contributed by atoms with Gasteiger partial charge in [-0.2, -0.15) is 0 Å². The molecule has 0 heterocycles. The summed E-state index contributed by atoms with van der Waals surface area (Å²) in [4.78, 5) is 0.307. The molecule has 1 aromatic carbocycles. The van der Waals surface area contributed by atoms with Gasteiger partial charge < -0.3 is 15.6 Å². The number of thiocarbonyl (C=S) groups is 1. The van der Waals surface area contributed by atoms with Crippen molar-refractivity contribution in [3.63, 3.8) is 0 Å². The lowest BCUT2D eigenvalue weighted by molar-refractivity contribution is 0.233. The molecule has 0 aliphatic carbocycles. The van der Waals surface area contributed by atoms with E-state index in [4.69, 9.17) is 27.8 Å². The van der Waals surface area contributed by atoms with Crippen molar-refractivity contribution in [1.82, 2.24) is 0 Å². The Labute approximate surface area is 102 Å². The highest BCUT2D eigenvalue weighted by molar-refractivity contribution is 9.10. The van der Waals surface area contributed by atoms with Crippen LogP contribution < -0.4 is 10.5 Å². The van der Waals surface area contributed by atoms with E-state index < -0.39 is 0 Å². The summed E-state index contributed by atoms with van der Waals surface area (Å²) < 4.78 is 6.37. The molecule has 0 fully saturated rings. The van der Waals surface area contributed by atoms with Crippen LogP contribution in [0.1, 0.15) is 12.0 Å². The van der Waals surface area contributed by atoms with Crippen LogP contribution in [0, 0.1) is 0 Å². The molecule has 0 aromatic heterocycles. The largest absolute Gasteiger partial charge is 0.493 e. The van der Waals surface area contributed by atoms with E-state index in [2.05, 4.69) is 15.9 Å². The Morgan fingerprint density at radius 2 is 2.27 bits per heavy atom. The van der Waals surface area contributed by atoms with E-state index in [0.717, 1.165) is 4.47 Å². The molecule has 82 valence electrons. The van der Waals surface area contributed by atoms with Crippen molar-refractivity contribution >= 4 is 33.1 Å². The van der Waals surface area contributed by atoms with Gasteiger partial charge in [-0.15, -0.1) is 0 Å². The second kappa shape index (κ2) is 6.05. The van der Waals surface area contributed by atoms with Gasteiger partial charge in [0, 0.05) is 17.5 Å². The number of aliphatic hydroxyl groups excluding tert-OH is 1. The Balaban J connectivity index is 2.82. The molecule has 0 saturated carbocycles. The lowest BCUT2D eigenvalue weighted by Gasteiger charge is -2.10. The molecule has 0 saturated heterocycles. The van der Waals surface area contributed by atoms with Gasteiger partial charge in [0.1, 0.15) is 10.7 Å². The van der Waals surface area contributed by atoms with Crippen LogP contribution in [0.25, 0.3) is 0 Å². The fourth-order valence-electron chi connectivity index (χ4n) is 1.07. The number of benzene rings is 1. The van der Waals surface area contributed by atoms with Crippen LogP contribution in [0.2, 0.25) is 0 Å². The zero-order valence-electron chi connectivity index (χ0n) is 8.07. The molecule has 0 bridgehead atoms. The summed E-state index contributed by atoms with van der Waals surface area (Å²) >= 11 is 8.25. The SMILES string of the molecule is NC(=S)c1ccc(Br)cc1OCCCO. The highest BCUT2D eigenvalue weighted by Crippen LogP contribution is 2.23. The third-order valence-electron chi connectivity index (χ3n) is 1.77. The molecule has 0 radical (unpaired) electrons. The van der Waals surface area contributed by atoms with Gasteiger partial charge in [0.15, 0.2) is 0 Å². The van der Waals surface area contributed by atoms with Crippen LogP contribution in [0.3, 0.4) is 0 Å². The lowest BCUT2D eigenvalue weighted by Crippen LogP contribution is -2.12. The lowest BCUT2D eigenvalue weighted by atomic mass is 10.2. The Kier molecular flexibility index (Phi) is 5.01. The van der Waals surface area contributed by atoms with Crippen molar-refractivity contribution in [2.45, 2.75) is 6.42 Å². The first kappa shape index (κ1) is 12.4. The minimum atomic E-state index is 0.108. The molecular formula is C10H12BrNO2S. The van der Waals surface area contributed by atoms with Crippen molar-refractivity contribution in [1.29, 1.82) is 0 Å². The summed E-state index contributed by atoms with van der Waals surface area (Å²) in [6.07, 6.45) is 0.587. The Morgan fingerprint density at radius 1 is 1.53 bits per heavy atom. The second-order valence-corrected chi connectivity index (χ2v) is 4.29. The molecule has 0 unspecified atom stereocenters. The molecule has 3 N–H and O–H groups in total. The van der Waals surface area contributed by atoms with E-state index >= 15 is 0 Å². The topological polar surface area (TPSA) is 55.5 Å². The maximum atomic E-state index is 8.64. The highest BCUT2D eigenvalue weighted by Gasteiger charge is 2.06. The second-order valence-electron chi connectivity index (χ2n) is 2.93. The molecule has 1 rings (SSSR count). The van der Waals surface area contributed by atoms with Crippen molar-refractivity contribution in [2.24, 2.45) is 5.73 Å². The Morgan fingerprint density at radius 3 is 2.87 bits per heavy atom. The Bertz CT molecular complexity index is 357. The number of halogens is 1. The number of hydrogen-bond acceptors (Lipinski definition) is 3. The third-order valence-corrected chi connectivity index (χ3v) is 2.48. The quantitative estimate of drug-likeness (QED) is 0.642. The maximum absolute atomic E-state index is 8.64. The first-order valence-corrected chi connectivity index (χ1v) is 5.68. The van der Waals surface area contributed by atoms with Gasteiger partial charge in [-0.05, 0) is 18.2 Å². The van der Waals surface area contributed by atoms with Crippen molar-refractivity contribution in [2.75, 3.05) is 13.2 Å². The van der Waals surface area contributed by atoms with Gasteiger partial charge in [-0.3, -0.25) is 0 Å². The van der Waals surface area contributed by atoms with Crippen LogP contribution in [0.5, 0.6) is 5.75 Å². The number of nitrogens with two attached hydrogens (primary N) is 1. The average Bonchev–Trinajstić information content (AvgIpc) is 2.18. The van der Waals surface area contributed by atoms with Gasteiger partial charge >= 0.3 is 0 Å². The van der Waals surface area contributed by atoms with Crippen LogP contribution in [0.15, 0.2) is 22.7 Å². The van der Waals surface area contributed by atoms with Gasteiger partial charge in [0.05, 0.1) is 12.2 Å². The minimum absolute atomic E-state index is 0.108. The van der Waals surface area contributed by atoms with Crippen molar-refractivity contribution in [3.05, 3.63) is 28.2 Å². The van der Waals surface area contributed by atoms with E-state index in [1.807, 2.05) is 12.1 Å². The van der Waals surface area contributed by atoms with E-state index in [1.165, 1.54) is 0 Å². The standard InChI is InChI=1S/C10H12BrNO2S/c11-7-2-3-8(10(12)15)9(6-7)14-5-1-4-13/h2-3,6,13H,1,4-5H2,(H2,12,15). The molecule has 0 atom stereocenters. The average molecular weight is 290 g/mol. The van der Waals surface area contributed by atoms with Gasteiger partial charge in [-0.1, -0.05) is 28.1 Å². The van der Waals surface area contributed by atoms with Crippen LogP contribution in [-0.2, 0) is 0 Å². The summed E-state index contributed by atoms with van der Waals surface area (Å²) in [7, 11) is 0. The van der Waals surface area contributed by atoms with Gasteiger partial charge in [0.25, 0.3) is 0 Å². The normalized spacial score (nSPS) is 10.0. The number of hydrogen-bond donors (Lipinski definition) is 2. The van der Waals surface area contributed by atoms with E-state index in [9.17, 15) is 0 Å². The molecule has 1 aromatic rings. The first-order valence-electron chi connectivity index (χ1n) is 4.48. The van der Waals surface area contributed by atoms with E-state index in [-0.39, 0.29) is 6.61 Å². The molecule has 0 aliphatic heterocycles. The van der Waals surface area contributed by atoms with Crippen LogP contribution in [-0.4, -0.2) is 23.3 Å². The predicted molar refractivity (Wildman–Crippen MR) is 67.2 cm³/mol. The first-order chi connectivity index (χ1) is 7.15. The predicted octanol–water partition coefficient (Wildman–Crippen LogP) is 1.84. The van der Waals surface area contributed by atoms with Gasteiger partial charge in [-0.25, -0.2) is 0 Å². The summed E-state index contributed by atoms with van der Waals surface area (Å²) in [6, 6.07) is 5.47. The molecule has 15 heavy (non-hydrogen) atoms. The minimum Gasteiger partial charge on any atom is -0.493 e.